The van der Waals surface area contributed by atoms with Crippen LogP contribution in [0.15, 0.2) is 22.2 Å². The molecule has 0 aliphatic heterocycles. The molecule has 0 aliphatic carbocycles. The van der Waals surface area contributed by atoms with Gasteiger partial charge in [0.15, 0.2) is 0 Å². The summed E-state index contributed by atoms with van der Waals surface area (Å²) in [5.41, 5.74) is 1.47. The Bertz CT molecular complexity index is 672. The van der Waals surface area contributed by atoms with E-state index in [-0.39, 0.29) is 5.57 Å². The highest BCUT2D eigenvalue weighted by Gasteiger charge is 2.11. The van der Waals surface area contributed by atoms with Crippen LogP contribution in [0.2, 0.25) is 0 Å². The lowest BCUT2D eigenvalue weighted by Crippen LogP contribution is -1.97. The van der Waals surface area contributed by atoms with Crippen LogP contribution in [0, 0.1) is 11.3 Å². The summed E-state index contributed by atoms with van der Waals surface area (Å²) in [6.45, 7) is 0. The largest absolute Gasteiger partial charge is 0.477 e. The first-order valence-electron chi connectivity index (χ1n) is 4.39. The van der Waals surface area contributed by atoms with E-state index in [1.54, 1.807) is 18.2 Å². The van der Waals surface area contributed by atoms with E-state index in [1.807, 2.05) is 0 Å². The third-order valence-corrected chi connectivity index (χ3v) is 3.22. The number of hydrogen-bond donors (Lipinski definition) is 1. The molecular formula is C10H4BrN3O2S. The molecule has 17 heavy (non-hydrogen) atoms. The Morgan fingerprint density at radius 1 is 1.47 bits per heavy atom. The van der Waals surface area contributed by atoms with Gasteiger partial charge in [0.25, 0.3) is 0 Å². The van der Waals surface area contributed by atoms with Crippen molar-refractivity contribution in [1.29, 1.82) is 5.26 Å². The predicted molar refractivity (Wildman–Crippen MR) is 66.3 cm³/mol. The van der Waals surface area contributed by atoms with Crippen LogP contribution in [0.1, 0.15) is 5.56 Å². The molecule has 0 saturated carbocycles. The van der Waals surface area contributed by atoms with Crippen molar-refractivity contribution in [3.05, 3.63) is 27.7 Å². The minimum Gasteiger partial charge on any atom is -0.477 e. The fraction of sp³-hybridized carbons (Fsp3) is 0. The molecule has 7 heteroatoms. The van der Waals surface area contributed by atoms with Crippen LogP contribution < -0.4 is 0 Å². The average Bonchev–Trinajstić information content (AvgIpc) is 2.78. The van der Waals surface area contributed by atoms with Crippen molar-refractivity contribution in [3.8, 4) is 6.07 Å². The molecule has 1 heterocycles. The third kappa shape index (κ3) is 2.18. The van der Waals surface area contributed by atoms with E-state index in [0.717, 1.165) is 16.2 Å². The van der Waals surface area contributed by atoms with E-state index in [1.165, 1.54) is 6.08 Å². The maximum Gasteiger partial charge on any atom is 0.346 e. The Labute approximate surface area is 108 Å². The van der Waals surface area contributed by atoms with Crippen LogP contribution in [0.25, 0.3) is 17.1 Å². The fourth-order valence-corrected chi connectivity index (χ4v) is 2.38. The second-order valence-corrected chi connectivity index (χ2v) is 4.46. The van der Waals surface area contributed by atoms with Gasteiger partial charge in [0.1, 0.15) is 22.7 Å². The maximum atomic E-state index is 10.7. The van der Waals surface area contributed by atoms with E-state index in [4.69, 9.17) is 10.4 Å². The SMILES string of the molecule is N#C/C(=C\c1ccc(Br)c2nsnc12)C(=O)O. The maximum absolute atomic E-state index is 10.7. The monoisotopic (exact) mass is 309 g/mol. The van der Waals surface area contributed by atoms with E-state index in [0.29, 0.717) is 16.6 Å². The van der Waals surface area contributed by atoms with Crippen LogP contribution in [0.4, 0.5) is 0 Å². The molecule has 0 unspecified atom stereocenters. The molecule has 0 atom stereocenters. The summed E-state index contributed by atoms with van der Waals surface area (Å²) in [4.78, 5) is 10.7. The molecule has 0 saturated heterocycles. The van der Waals surface area contributed by atoms with Gasteiger partial charge in [-0.05, 0) is 28.1 Å². The Hall–Kier alpha value is -1.78. The number of carbonyl (C=O) groups is 1. The lowest BCUT2D eigenvalue weighted by atomic mass is 10.1. The Morgan fingerprint density at radius 3 is 2.82 bits per heavy atom. The summed E-state index contributed by atoms with van der Waals surface area (Å²) in [7, 11) is 0. The number of nitrogens with zero attached hydrogens (tertiary/aromatic N) is 3. The number of nitriles is 1. The van der Waals surface area contributed by atoms with Gasteiger partial charge in [-0.3, -0.25) is 0 Å². The summed E-state index contributed by atoms with van der Waals surface area (Å²) >= 11 is 4.36. The van der Waals surface area contributed by atoms with Crippen molar-refractivity contribution in [1.82, 2.24) is 8.75 Å². The van der Waals surface area contributed by atoms with Gasteiger partial charge in [-0.25, -0.2) is 4.79 Å². The van der Waals surface area contributed by atoms with Gasteiger partial charge in [-0.15, -0.1) is 0 Å². The molecule has 5 nitrogen and oxygen atoms in total. The topological polar surface area (TPSA) is 86.9 Å². The Morgan fingerprint density at radius 2 is 2.18 bits per heavy atom. The lowest BCUT2D eigenvalue weighted by molar-refractivity contribution is -0.132. The van der Waals surface area contributed by atoms with Crippen molar-refractivity contribution < 1.29 is 9.90 Å². The summed E-state index contributed by atoms with van der Waals surface area (Å²) in [5, 5.41) is 17.5. The van der Waals surface area contributed by atoms with Crippen LogP contribution in [0.3, 0.4) is 0 Å². The zero-order valence-corrected chi connectivity index (χ0v) is 10.6. The standard InChI is InChI=1S/C10H4BrN3O2S/c11-7-2-1-5(3-6(4-12)10(15)16)8-9(7)14-17-13-8/h1-3H,(H,15,16)/b6-3+. The molecule has 0 fully saturated rings. The number of halogens is 1. The van der Waals surface area contributed by atoms with Crippen LogP contribution in [-0.4, -0.2) is 19.8 Å². The van der Waals surface area contributed by atoms with Crippen molar-refractivity contribution in [2.75, 3.05) is 0 Å². The van der Waals surface area contributed by atoms with Gasteiger partial charge in [-0.2, -0.15) is 14.0 Å². The van der Waals surface area contributed by atoms with E-state index in [9.17, 15) is 4.79 Å². The smallest absolute Gasteiger partial charge is 0.346 e. The highest BCUT2D eigenvalue weighted by atomic mass is 79.9. The van der Waals surface area contributed by atoms with Crippen molar-refractivity contribution in [3.63, 3.8) is 0 Å². The number of fused-ring (bicyclic) bond motifs is 1. The highest BCUT2D eigenvalue weighted by Crippen LogP contribution is 2.26. The zero-order valence-electron chi connectivity index (χ0n) is 8.22. The predicted octanol–water partition coefficient (Wildman–Crippen LogP) is 2.45. The molecule has 0 spiro atoms. The van der Waals surface area contributed by atoms with Gasteiger partial charge in [0.2, 0.25) is 0 Å². The summed E-state index contributed by atoms with van der Waals surface area (Å²) in [5.74, 6) is -1.26. The van der Waals surface area contributed by atoms with E-state index < -0.39 is 5.97 Å². The number of hydrogen-bond acceptors (Lipinski definition) is 5. The van der Waals surface area contributed by atoms with E-state index >= 15 is 0 Å². The minimum absolute atomic E-state index is 0.332. The minimum atomic E-state index is -1.26. The first kappa shape index (κ1) is 11.7. The van der Waals surface area contributed by atoms with Gasteiger partial charge in [-0.1, -0.05) is 6.07 Å². The second-order valence-electron chi connectivity index (χ2n) is 3.07. The van der Waals surface area contributed by atoms with Gasteiger partial charge in [0, 0.05) is 10.0 Å². The van der Waals surface area contributed by atoms with Crippen LogP contribution >= 0.6 is 27.7 Å². The molecule has 0 aliphatic rings. The van der Waals surface area contributed by atoms with Gasteiger partial charge in [0.05, 0.1) is 11.7 Å². The molecule has 1 aromatic heterocycles. The van der Waals surface area contributed by atoms with Crippen LogP contribution in [-0.2, 0) is 4.79 Å². The van der Waals surface area contributed by atoms with E-state index in [2.05, 4.69) is 24.7 Å². The average molecular weight is 310 g/mol. The molecule has 2 aromatic rings. The van der Waals surface area contributed by atoms with Gasteiger partial charge >= 0.3 is 5.97 Å². The highest BCUT2D eigenvalue weighted by molar-refractivity contribution is 9.10. The molecule has 84 valence electrons. The summed E-state index contributed by atoms with van der Waals surface area (Å²) in [6, 6.07) is 5.06. The number of rotatable bonds is 2. The normalized spacial score (nSPS) is 11.4. The Balaban J connectivity index is 2.65. The summed E-state index contributed by atoms with van der Waals surface area (Å²) < 4.78 is 8.95. The molecule has 2 rings (SSSR count). The lowest BCUT2D eigenvalue weighted by Gasteiger charge is -1.97. The number of aliphatic carboxylic acids is 1. The molecule has 0 radical (unpaired) electrons. The number of carboxylic acids is 1. The van der Waals surface area contributed by atoms with Crippen molar-refractivity contribution in [2.45, 2.75) is 0 Å². The Kier molecular flexibility index (Phi) is 3.17. The fourth-order valence-electron chi connectivity index (χ4n) is 1.27. The van der Waals surface area contributed by atoms with Crippen molar-refractivity contribution in [2.24, 2.45) is 0 Å². The quantitative estimate of drug-likeness (QED) is 0.680. The second kappa shape index (κ2) is 4.61. The number of aromatic nitrogens is 2. The molecule has 0 bridgehead atoms. The molecule has 1 N–H and O–H groups in total. The zero-order chi connectivity index (χ0) is 12.4. The molecule has 1 aromatic carbocycles. The van der Waals surface area contributed by atoms with Gasteiger partial charge < -0.3 is 5.11 Å². The van der Waals surface area contributed by atoms with Crippen LogP contribution in [0.5, 0.6) is 0 Å². The number of carboxylic acid groups (broad SMARTS) is 1. The molecule has 0 amide bonds. The first-order valence-corrected chi connectivity index (χ1v) is 5.91. The number of benzene rings is 1. The van der Waals surface area contributed by atoms with Crippen molar-refractivity contribution >= 4 is 50.7 Å². The third-order valence-electron chi connectivity index (χ3n) is 2.05. The first-order chi connectivity index (χ1) is 8.13. The summed E-state index contributed by atoms with van der Waals surface area (Å²) in [6.07, 6.45) is 1.29. The molecular weight excluding hydrogens is 306 g/mol.